The van der Waals surface area contributed by atoms with Crippen LogP contribution in [-0.2, 0) is 0 Å². The van der Waals surface area contributed by atoms with Crippen LogP contribution in [0.3, 0.4) is 0 Å². The lowest BCUT2D eigenvalue weighted by Gasteiger charge is -2.05. The molecule has 0 saturated carbocycles. The van der Waals surface area contributed by atoms with Gasteiger partial charge in [-0.1, -0.05) is 5.57 Å². The molecule has 0 saturated heterocycles. The first kappa shape index (κ1) is 9.88. The Balaban J connectivity index is 4.95. The molecule has 0 aromatic rings. The molecule has 0 aromatic heterocycles. The van der Waals surface area contributed by atoms with Crippen LogP contribution in [0.5, 0.6) is 0 Å². The van der Waals surface area contributed by atoms with Crippen molar-refractivity contribution < 1.29 is 0 Å². The fourth-order valence-electron chi connectivity index (χ4n) is 0.938. The summed E-state index contributed by atoms with van der Waals surface area (Å²) in [5.41, 5.74) is 7.96. The van der Waals surface area contributed by atoms with Gasteiger partial charge in [0.2, 0.25) is 0 Å². The van der Waals surface area contributed by atoms with E-state index in [-0.39, 0.29) is 5.84 Å². The van der Waals surface area contributed by atoms with E-state index in [1.807, 2.05) is 20.8 Å². The molecule has 11 heavy (non-hydrogen) atoms. The average molecular weight is 153 g/mol. The van der Waals surface area contributed by atoms with E-state index in [1.165, 1.54) is 0 Å². The van der Waals surface area contributed by atoms with Gasteiger partial charge in [0.25, 0.3) is 0 Å². The Morgan fingerprint density at radius 3 is 1.82 bits per heavy atom. The van der Waals surface area contributed by atoms with Crippen LogP contribution in [0.1, 0.15) is 20.8 Å². The first-order valence-corrected chi connectivity index (χ1v) is 3.46. The minimum absolute atomic E-state index is 0.0908. The minimum Gasteiger partial charge on any atom is -0.384 e. The molecule has 0 fully saturated rings. The van der Waals surface area contributed by atoms with E-state index in [9.17, 15) is 0 Å². The zero-order valence-corrected chi connectivity index (χ0v) is 7.52. The van der Waals surface area contributed by atoms with E-state index in [1.54, 1.807) is 7.05 Å². The molecule has 0 amide bonds. The highest BCUT2D eigenvalue weighted by atomic mass is 14.7. The molecule has 0 aliphatic carbocycles. The lowest BCUT2D eigenvalue weighted by atomic mass is 10.1. The minimum atomic E-state index is 0.0908. The van der Waals surface area contributed by atoms with Crippen LogP contribution in [0.2, 0.25) is 0 Å². The second kappa shape index (κ2) is 3.91. The largest absolute Gasteiger partial charge is 0.384 e. The SMILES string of the molecule is CN=C(C)C(C(=N)N)=C(C)C. The van der Waals surface area contributed by atoms with Crippen LogP contribution in [0.4, 0.5) is 0 Å². The normalized spacial score (nSPS) is 11.1. The Morgan fingerprint density at radius 2 is 1.73 bits per heavy atom. The summed E-state index contributed by atoms with van der Waals surface area (Å²) in [7, 11) is 1.70. The maximum atomic E-state index is 7.25. The summed E-state index contributed by atoms with van der Waals surface area (Å²) in [6.07, 6.45) is 0. The van der Waals surface area contributed by atoms with E-state index in [2.05, 4.69) is 4.99 Å². The van der Waals surface area contributed by atoms with Gasteiger partial charge in [0, 0.05) is 18.3 Å². The van der Waals surface area contributed by atoms with E-state index >= 15 is 0 Å². The van der Waals surface area contributed by atoms with E-state index in [0.29, 0.717) is 0 Å². The predicted molar refractivity (Wildman–Crippen MR) is 49.3 cm³/mol. The molecule has 0 heterocycles. The number of allylic oxidation sites excluding steroid dienone is 1. The summed E-state index contributed by atoms with van der Waals surface area (Å²) in [4.78, 5) is 3.97. The maximum Gasteiger partial charge on any atom is 0.124 e. The van der Waals surface area contributed by atoms with Crippen LogP contribution in [0.25, 0.3) is 0 Å². The third-order valence-electron chi connectivity index (χ3n) is 1.47. The van der Waals surface area contributed by atoms with Crippen molar-refractivity contribution in [1.29, 1.82) is 5.41 Å². The smallest absolute Gasteiger partial charge is 0.124 e. The molecule has 0 aliphatic heterocycles. The second-order valence-corrected chi connectivity index (χ2v) is 2.60. The molecular formula is C8H15N3. The van der Waals surface area contributed by atoms with Gasteiger partial charge in [0.1, 0.15) is 5.84 Å². The topological polar surface area (TPSA) is 62.2 Å². The van der Waals surface area contributed by atoms with E-state index < -0.39 is 0 Å². The van der Waals surface area contributed by atoms with Gasteiger partial charge in [0.05, 0.1) is 0 Å². The quantitative estimate of drug-likeness (QED) is 0.456. The fourth-order valence-corrected chi connectivity index (χ4v) is 0.938. The molecule has 3 nitrogen and oxygen atoms in total. The third-order valence-corrected chi connectivity index (χ3v) is 1.47. The first-order chi connectivity index (χ1) is 5.00. The summed E-state index contributed by atoms with van der Waals surface area (Å²) in [6.45, 7) is 5.70. The second-order valence-electron chi connectivity index (χ2n) is 2.60. The third kappa shape index (κ3) is 2.53. The monoisotopic (exact) mass is 153 g/mol. The van der Waals surface area contributed by atoms with Gasteiger partial charge in [-0.15, -0.1) is 0 Å². The molecule has 0 radical (unpaired) electrons. The summed E-state index contributed by atoms with van der Waals surface area (Å²) < 4.78 is 0. The molecule has 3 heteroatoms. The van der Waals surface area contributed by atoms with E-state index in [0.717, 1.165) is 16.9 Å². The van der Waals surface area contributed by atoms with Crippen molar-refractivity contribution in [2.45, 2.75) is 20.8 Å². The van der Waals surface area contributed by atoms with Crippen LogP contribution < -0.4 is 5.73 Å². The number of nitrogens with two attached hydrogens (primary N) is 1. The molecule has 62 valence electrons. The van der Waals surface area contributed by atoms with Crippen LogP contribution in [0.15, 0.2) is 16.1 Å². The Labute approximate surface area is 67.5 Å². The molecule has 0 rings (SSSR count). The van der Waals surface area contributed by atoms with Crippen molar-refractivity contribution in [2.24, 2.45) is 10.7 Å². The molecule has 0 spiro atoms. The van der Waals surface area contributed by atoms with Crippen molar-refractivity contribution in [1.82, 2.24) is 0 Å². The highest BCUT2D eigenvalue weighted by Gasteiger charge is 2.05. The molecule has 0 aliphatic rings. The number of hydrogen-bond donors (Lipinski definition) is 2. The van der Waals surface area contributed by atoms with E-state index in [4.69, 9.17) is 11.1 Å². The Kier molecular flexibility index (Phi) is 3.51. The summed E-state index contributed by atoms with van der Waals surface area (Å²) >= 11 is 0. The number of rotatable bonds is 2. The number of hydrogen-bond acceptors (Lipinski definition) is 2. The summed E-state index contributed by atoms with van der Waals surface area (Å²) in [6, 6.07) is 0. The van der Waals surface area contributed by atoms with Gasteiger partial charge in [-0.05, 0) is 20.8 Å². The average Bonchev–Trinajstić information content (AvgIpc) is 1.85. The van der Waals surface area contributed by atoms with Gasteiger partial charge in [-0.2, -0.15) is 0 Å². The van der Waals surface area contributed by atoms with Gasteiger partial charge >= 0.3 is 0 Å². The Morgan fingerprint density at radius 1 is 1.27 bits per heavy atom. The zero-order valence-electron chi connectivity index (χ0n) is 7.52. The Hall–Kier alpha value is -1.12. The highest BCUT2D eigenvalue weighted by Crippen LogP contribution is 2.04. The molecular weight excluding hydrogens is 138 g/mol. The molecule has 0 bridgehead atoms. The van der Waals surface area contributed by atoms with Gasteiger partial charge in [0.15, 0.2) is 0 Å². The van der Waals surface area contributed by atoms with Gasteiger partial charge in [-0.3, -0.25) is 10.4 Å². The van der Waals surface area contributed by atoms with Crippen molar-refractivity contribution in [3.8, 4) is 0 Å². The van der Waals surface area contributed by atoms with Crippen molar-refractivity contribution >= 4 is 11.5 Å². The summed E-state index contributed by atoms with van der Waals surface area (Å²) in [5.74, 6) is 0.0908. The summed E-state index contributed by atoms with van der Waals surface area (Å²) in [5, 5.41) is 7.25. The number of nitrogens with one attached hydrogen (secondary N) is 1. The lowest BCUT2D eigenvalue weighted by Crippen LogP contribution is -2.19. The van der Waals surface area contributed by atoms with Crippen LogP contribution in [-0.4, -0.2) is 18.6 Å². The standard InChI is InChI=1S/C8H15N3/c1-5(2)7(8(9)10)6(3)11-4/h1-4H3,(H3,9,10). The molecule has 0 aromatic carbocycles. The van der Waals surface area contributed by atoms with Crippen molar-refractivity contribution in [2.75, 3.05) is 7.05 Å². The number of nitrogens with zero attached hydrogens (tertiary/aromatic N) is 1. The highest BCUT2D eigenvalue weighted by molar-refractivity contribution is 6.21. The zero-order chi connectivity index (χ0) is 9.02. The van der Waals surface area contributed by atoms with Crippen molar-refractivity contribution in [3.63, 3.8) is 0 Å². The lowest BCUT2D eigenvalue weighted by molar-refractivity contribution is 1.31. The maximum absolute atomic E-state index is 7.25. The molecule has 0 unspecified atom stereocenters. The predicted octanol–water partition coefficient (Wildman–Crippen LogP) is 1.35. The van der Waals surface area contributed by atoms with Crippen LogP contribution >= 0.6 is 0 Å². The first-order valence-electron chi connectivity index (χ1n) is 3.46. The number of aliphatic imine (C=N–C) groups is 1. The van der Waals surface area contributed by atoms with Crippen molar-refractivity contribution in [3.05, 3.63) is 11.1 Å². The van der Waals surface area contributed by atoms with Gasteiger partial charge < -0.3 is 5.73 Å². The van der Waals surface area contributed by atoms with Crippen LogP contribution in [0, 0.1) is 5.41 Å². The molecule has 3 N–H and O–H groups in total. The number of amidine groups is 1. The van der Waals surface area contributed by atoms with Gasteiger partial charge in [-0.25, -0.2) is 0 Å². The fraction of sp³-hybridized carbons (Fsp3) is 0.500. The molecule has 0 atom stereocenters. The Bertz CT molecular complexity index is 219.